The first-order chi connectivity index (χ1) is 13.8. The van der Waals surface area contributed by atoms with E-state index in [1.165, 1.54) is 25.2 Å². The zero-order valence-corrected chi connectivity index (χ0v) is 18.0. The van der Waals surface area contributed by atoms with Gasteiger partial charge >= 0.3 is 5.97 Å². The van der Waals surface area contributed by atoms with Gasteiger partial charge in [-0.15, -0.1) is 0 Å². The number of furan rings is 1. The molecule has 29 heavy (non-hydrogen) atoms. The molecule has 1 aromatic heterocycles. The second-order valence-electron chi connectivity index (χ2n) is 7.31. The molecule has 1 aliphatic heterocycles. The van der Waals surface area contributed by atoms with Crippen molar-refractivity contribution in [2.45, 2.75) is 44.6 Å². The Morgan fingerprint density at radius 2 is 1.90 bits per heavy atom. The highest BCUT2D eigenvalue weighted by Gasteiger charge is 2.31. The summed E-state index contributed by atoms with van der Waals surface area (Å²) in [7, 11) is -2.64. The van der Waals surface area contributed by atoms with Gasteiger partial charge in [0.25, 0.3) is 0 Å². The molecule has 0 saturated heterocycles. The number of nitrogens with one attached hydrogen (secondary N) is 1. The minimum absolute atomic E-state index is 0.0375. The molecule has 0 bridgehead atoms. The number of benzene rings is 1. The van der Waals surface area contributed by atoms with Gasteiger partial charge < -0.3 is 9.15 Å². The van der Waals surface area contributed by atoms with Crippen LogP contribution in [0.5, 0.6) is 0 Å². The molecule has 7 nitrogen and oxygen atoms in total. The van der Waals surface area contributed by atoms with Crippen molar-refractivity contribution in [3.63, 3.8) is 0 Å². The van der Waals surface area contributed by atoms with Crippen LogP contribution in [0.2, 0.25) is 0 Å². The number of carbonyl (C=O) groups is 1. The molecule has 1 N–H and O–H groups in total. The molecule has 0 atom stereocenters. The first-order valence-electron chi connectivity index (χ1n) is 9.80. The van der Waals surface area contributed by atoms with E-state index in [1.54, 1.807) is 6.92 Å². The fourth-order valence-electron chi connectivity index (χ4n) is 3.81. The molecule has 2 heterocycles. The lowest BCUT2D eigenvalue weighted by Gasteiger charge is -2.28. The van der Waals surface area contributed by atoms with Crippen LogP contribution in [0.15, 0.2) is 33.6 Å². The zero-order valence-electron chi connectivity index (χ0n) is 17.2. The molecule has 0 fully saturated rings. The first kappa shape index (κ1) is 21.5. The average molecular weight is 421 g/mol. The number of nitrogens with zero attached hydrogens (tertiary/aromatic N) is 1. The van der Waals surface area contributed by atoms with Gasteiger partial charge in [-0.05, 0) is 50.8 Å². The molecular formula is C21H28N2O5S. The van der Waals surface area contributed by atoms with Crippen LogP contribution in [-0.4, -0.2) is 46.0 Å². The summed E-state index contributed by atoms with van der Waals surface area (Å²) in [6, 6.07) is 8.50. The van der Waals surface area contributed by atoms with E-state index < -0.39 is 16.0 Å². The number of aryl methyl sites for hydroxylation is 2. The van der Waals surface area contributed by atoms with Crippen molar-refractivity contribution in [2.75, 3.05) is 26.7 Å². The monoisotopic (exact) mass is 420 g/mol. The van der Waals surface area contributed by atoms with Crippen molar-refractivity contribution in [2.24, 2.45) is 0 Å². The molecule has 0 saturated carbocycles. The molecule has 158 valence electrons. The van der Waals surface area contributed by atoms with Crippen LogP contribution in [0.1, 0.15) is 45.8 Å². The summed E-state index contributed by atoms with van der Waals surface area (Å²) in [6.07, 6.45) is 2.65. The topological polar surface area (TPSA) is 88.8 Å². The number of fused-ring (bicyclic) bond motifs is 1. The zero-order chi connectivity index (χ0) is 21.0. The highest BCUT2D eigenvalue weighted by molar-refractivity contribution is 7.89. The van der Waals surface area contributed by atoms with E-state index in [2.05, 4.69) is 33.9 Å². The number of unbranched alkanes of at least 4 members (excludes halogenated alkanes) is 1. The van der Waals surface area contributed by atoms with Gasteiger partial charge in [0, 0.05) is 19.6 Å². The van der Waals surface area contributed by atoms with Gasteiger partial charge in [-0.2, -0.15) is 0 Å². The number of hydrogen-bond donors (Lipinski definition) is 1. The van der Waals surface area contributed by atoms with Gasteiger partial charge in [0.05, 0.1) is 7.11 Å². The summed E-state index contributed by atoms with van der Waals surface area (Å²) in [6.45, 7) is 6.28. The van der Waals surface area contributed by atoms with Gasteiger partial charge in [-0.3, -0.25) is 4.90 Å². The van der Waals surface area contributed by atoms with Crippen LogP contribution >= 0.6 is 0 Å². The molecule has 2 aromatic rings. The summed E-state index contributed by atoms with van der Waals surface area (Å²) >= 11 is 0. The van der Waals surface area contributed by atoms with E-state index in [-0.39, 0.29) is 22.0 Å². The van der Waals surface area contributed by atoms with Crippen LogP contribution in [0, 0.1) is 13.8 Å². The third-order valence-electron chi connectivity index (χ3n) is 5.27. The maximum atomic E-state index is 12.7. The number of methoxy groups -OCH3 is 1. The Balaban J connectivity index is 1.52. The molecule has 1 aromatic carbocycles. The SMILES string of the molecule is COC(=O)c1c(C)oc(C)c1S(=O)(=O)NCCCCN1CCc2ccccc2C1. The largest absolute Gasteiger partial charge is 0.465 e. The smallest absolute Gasteiger partial charge is 0.342 e. The van der Waals surface area contributed by atoms with E-state index in [1.807, 2.05) is 0 Å². The second-order valence-corrected chi connectivity index (χ2v) is 9.01. The Labute approximate surface area is 172 Å². The molecule has 0 spiro atoms. The Morgan fingerprint density at radius 1 is 1.17 bits per heavy atom. The normalized spacial score (nSPS) is 14.6. The maximum absolute atomic E-state index is 12.7. The fourth-order valence-corrected chi connectivity index (χ4v) is 5.28. The van der Waals surface area contributed by atoms with Crippen molar-refractivity contribution in [1.29, 1.82) is 0 Å². The van der Waals surface area contributed by atoms with Gasteiger partial charge in [-0.25, -0.2) is 17.9 Å². The lowest BCUT2D eigenvalue weighted by molar-refractivity contribution is 0.0595. The van der Waals surface area contributed by atoms with Crippen LogP contribution in [-0.2, 0) is 27.7 Å². The predicted molar refractivity (Wildman–Crippen MR) is 109 cm³/mol. The van der Waals surface area contributed by atoms with Gasteiger partial charge in [0.1, 0.15) is 22.0 Å². The lowest BCUT2D eigenvalue weighted by Crippen LogP contribution is -2.32. The Bertz CT molecular complexity index is 981. The van der Waals surface area contributed by atoms with E-state index in [0.717, 1.165) is 32.5 Å². The molecule has 0 unspecified atom stereocenters. The van der Waals surface area contributed by atoms with E-state index >= 15 is 0 Å². The molecule has 0 aliphatic carbocycles. The third kappa shape index (κ3) is 4.88. The molecule has 0 amide bonds. The second kappa shape index (κ2) is 9.11. The summed E-state index contributed by atoms with van der Waals surface area (Å²) in [4.78, 5) is 14.2. The van der Waals surface area contributed by atoms with E-state index in [4.69, 9.17) is 9.15 Å². The van der Waals surface area contributed by atoms with Crippen LogP contribution < -0.4 is 4.72 Å². The number of hydrogen-bond acceptors (Lipinski definition) is 6. The van der Waals surface area contributed by atoms with Gasteiger partial charge in [0.15, 0.2) is 0 Å². The molecule has 1 aliphatic rings. The number of ether oxygens (including phenoxy) is 1. The minimum atomic E-state index is -3.86. The van der Waals surface area contributed by atoms with Crippen LogP contribution in [0.4, 0.5) is 0 Å². The van der Waals surface area contributed by atoms with Crippen LogP contribution in [0.3, 0.4) is 0 Å². The van der Waals surface area contributed by atoms with E-state index in [9.17, 15) is 13.2 Å². The average Bonchev–Trinajstić information content (AvgIpc) is 3.01. The fraction of sp³-hybridized carbons (Fsp3) is 0.476. The van der Waals surface area contributed by atoms with E-state index in [0.29, 0.717) is 13.0 Å². The van der Waals surface area contributed by atoms with Crippen molar-refractivity contribution >= 4 is 16.0 Å². The highest BCUT2D eigenvalue weighted by Crippen LogP contribution is 2.27. The molecular weight excluding hydrogens is 392 g/mol. The van der Waals surface area contributed by atoms with Crippen LogP contribution in [0.25, 0.3) is 0 Å². The van der Waals surface area contributed by atoms with Crippen molar-refractivity contribution in [3.05, 3.63) is 52.5 Å². The maximum Gasteiger partial charge on any atom is 0.342 e. The number of sulfonamides is 1. The highest BCUT2D eigenvalue weighted by atomic mass is 32.2. The standard InChI is InChI=1S/C21H28N2O5S/c1-15-19(21(24)27-3)20(16(2)28-15)29(25,26)22-11-6-7-12-23-13-10-17-8-4-5-9-18(17)14-23/h4-5,8-9,22H,6-7,10-14H2,1-3H3. The summed E-state index contributed by atoms with van der Waals surface area (Å²) in [5, 5.41) is 0. The van der Waals surface area contributed by atoms with Crippen molar-refractivity contribution in [3.8, 4) is 0 Å². The number of esters is 1. The first-order valence-corrected chi connectivity index (χ1v) is 11.3. The van der Waals surface area contributed by atoms with Crippen molar-refractivity contribution in [1.82, 2.24) is 9.62 Å². The summed E-state index contributed by atoms with van der Waals surface area (Å²) < 4.78 is 38.1. The molecule has 3 rings (SSSR count). The number of carbonyl (C=O) groups excluding carboxylic acids is 1. The lowest BCUT2D eigenvalue weighted by atomic mass is 10.00. The van der Waals surface area contributed by atoms with Crippen molar-refractivity contribution < 1.29 is 22.4 Å². The predicted octanol–water partition coefficient (Wildman–Crippen LogP) is 2.80. The molecule has 0 radical (unpaired) electrons. The Morgan fingerprint density at radius 3 is 2.62 bits per heavy atom. The summed E-state index contributed by atoms with van der Waals surface area (Å²) in [5.74, 6) is -0.299. The Kier molecular flexibility index (Phi) is 6.77. The summed E-state index contributed by atoms with van der Waals surface area (Å²) in [5.41, 5.74) is 2.76. The van der Waals surface area contributed by atoms with Gasteiger partial charge in [0.2, 0.25) is 10.0 Å². The quantitative estimate of drug-likeness (QED) is 0.522. The Hall–Kier alpha value is -2.16. The number of rotatable bonds is 8. The minimum Gasteiger partial charge on any atom is -0.465 e. The van der Waals surface area contributed by atoms with Gasteiger partial charge in [-0.1, -0.05) is 24.3 Å². The third-order valence-corrected chi connectivity index (χ3v) is 6.88. The molecule has 8 heteroatoms.